The van der Waals surface area contributed by atoms with Gasteiger partial charge in [-0.2, -0.15) is 0 Å². The monoisotopic (exact) mass is 357 g/mol. The van der Waals surface area contributed by atoms with E-state index in [4.69, 9.17) is 23.8 Å². The summed E-state index contributed by atoms with van der Waals surface area (Å²) < 4.78 is 3.05. The summed E-state index contributed by atoms with van der Waals surface area (Å²) in [7, 11) is 0. The fraction of sp³-hybridized carbons (Fsp3) is 0.154. The summed E-state index contributed by atoms with van der Waals surface area (Å²) in [5.41, 5.74) is 0.851. The summed E-state index contributed by atoms with van der Waals surface area (Å²) in [5, 5.41) is 7.79. The van der Waals surface area contributed by atoms with Crippen LogP contribution in [0.5, 0.6) is 0 Å². The molecule has 1 aromatic heterocycles. The molecule has 2 aromatic rings. The summed E-state index contributed by atoms with van der Waals surface area (Å²) in [5.74, 6) is 0.246. The summed E-state index contributed by atoms with van der Waals surface area (Å²) in [6, 6.07) is 7.27. The molecule has 0 saturated carbocycles. The zero-order valence-electron chi connectivity index (χ0n) is 10.9. The van der Waals surface area contributed by atoms with Crippen molar-refractivity contribution >= 4 is 52.8 Å². The Kier molecular flexibility index (Phi) is 5.98. The maximum absolute atomic E-state index is 11.5. The summed E-state index contributed by atoms with van der Waals surface area (Å²) in [6.45, 7) is 4.01. The molecule has 8 heteroatoms. The van der Waals surface area contributed by atoms with Crippen molar-refractivity contribution in [2.45, 2.75) is 4.34 Å². The lowest BCUT2D eigenvalue weighted by molar-refractivity contribution is -0.118. The van der Waals surface area contributed by atoms with Gasteiger partial charge < -0.3 is 5.32 Å². The van der Waals surface area contributed by atoms with E-state index in [1.165, 1.54) is 23.1 Å². The number of halogens is 1. The van der Waals surface area contributed by atoms with Gasteiger partial charge in [0.25, 0.3) is 0 Å². The van der Waals surface area contributed by atoms with Gasteiger partial charge >= 0.3 is 0 Å². The van der Waals surface area contributed by atoms with Crippen LogP contribution in [0.2, 0.25) is 5.02 Å². The fourth-order valence-corrected chi connectivity index (χ4v) is 3.75. The van der Waals surface area contributed by atoms with Crippen LogP contribution < -0.4 is 5.32 Å². The average molecular weight is 358 g/mol. The number of rotatable bonds is 6. The van der Waals surface area contributed by atoms with E-state index in [2.05, 4.69) is 17.0 Å². The Balaban J connectivity index is 2.05. The number of thioether (sulfide) groups is 1. The van der Waals surface area contributed by atoms with Crippen LogP contribution in [0.1, 0.15) is 0 Å². The van der Waals surface area contributed by atoms with E-state index < -0.39 is 0 Å². The second kappa shape index (κ2) is 7.74. The molecule has 0 radical (unpaired) electrons. The van der Waals surface area contributed by atoms with Crippen molar-refractivity contribution in [2.75, 3.05) is 12.3 Å². The van der Waals surface area contributed by atoms with E-state index >= 15 is 0 Å². The highest BCUT2D eigenvalue weighted by atomic mass is 35.5. The number of nitrogens with one attached hydrogen (secondary N) is 1. The average Bonchev–Trinajstić information content (AvgIpc) is 2.85. The molecule has 4 nitrogen and oxygen atoms in total. The fourth-order valence-electron chi connectivity index (χ4n) is 1.43. The van der Waals surface area contributed by atoms with Crippen molar-refractivity contribution in [1.29, 1.82) is 0 Å². The molecular formula is C13H12ClN3OS3. The van der Waals surface area contributed by atoms with E-state index in [-0.39, 0.29) is 5.91 Å². The van der Waals surface area contributed by atoms with Gasteiger partial charge in [0, 0.05) is 11.6 Å². The predicted molar refractivity (Wildman–Crippen MR) is 91.2 cm³/mol. The minimum Gasteiger partial charge on any atom is -0.352 e. The molecule has 110 valence electrons. The molecule has 1 heterocycles. The number of hydrogen-bond acceptors (Lipinski definition) is 5. The van der Waals surface area contributed by atoms with E-state index in [1.807, 2.05) is 12.1 Å². The van der Waals surface area contributed by atoms with Crippen LogP contribution in [-0.2, 0) is 4.79 Å². The van der Waals surface area contributed by atoms with Gasteiger partial charge in [-0.05, 0) is 36.5 Å². The lowest BCUT2D eigenvalue weighted by Gasteiger charge is -2.01. The SMILES string of the molecule is C=CCNC(=O)CSc1nn(-c2ccc(Cl)cc2)c(=S)s1. The van der Waals surface area contributed by atoms with Crippen molar-refractivity contribution < 1.29 is 4.79 Å². The van der Waals surface area contributed by atoms with E-state index in [0.29, 0.717) is 21.3 Å². The molecule has 1 amide bonds. The minimum absolute atomic E-state index is 0.0564. The standard InChI is InChI=1S/C13H12ClN3OS3/c1-2-7-15-11(18)8-20-12-16-17(13(19)21-12)10-5-3-9(14)4-6-10/h2-6H,1,7-8H2,(H,15,18). The third kappa shape index (κ3) is 4.67. The zero-order valence-corrected chi connectivity index (χ0v) is 14.1. The van der Waals surface area contributed by atoms with Crippen molar-refractivity contribution in [1.82, 2.24) is 15.1 Å². The van der Waals surface area contributed by atoms with Crippen LogP contribution in [0.4, 0.5) is 0 Å². The van der Waals surface area contributed by atoms with Crippen molar-refractivity contribution in [3.05, 3.63) is 45.9 Å². The van der Waals surface area contributed by atoms with Gasteiger partial charge in [0.05, 0.1) is 11.4 Å². The summed E-state index contributed by atoms with van der Waals surface area (Å²) in [6.07, 6.45) is 1.64. The van der Waals surface area contributed by atoms with Gasteiger partial charge in [0.2, 0.25) is 5.91 Å². The number of benzene rings is 1. The molecule has 0 saturated heterocycles. The highest BCUT2D eigenvalue weighted by molar-refractivity contribution is 8.01. The molecule has 2 rings (SSSR count). The molecule has 0 bridgehead atoms. The van der Waals surface area contributed by atoms with Gasteiger partial charge in [0.1, 0.15) is 0 Å². The third-order valence-corrected chi connectivity index (χ3v) is 4.99. The number of aromatic nitrogens is 2. The second-order valence-corrected chi connectivity index (χ2v) is 7.19. The van der Waals surface area contributed by atoms with Gasteiger partial charge in [-0.25, -0.2) is 4.68 Å². The van der Waals surface area contributed by atoms with Crippen LogP contribution in [0.25, 0.3) is 5.69 Å². The van der Waals surface area contributed by atoms with E-state index in [9.17, 15) is 4.79 Å². The smallest absolute Gasteiger partial charge is 0.230 e. The van der Waals surface area contributed by atoms with Gasteiger partial charge in [-0.1, -0.05) is 40.8 Å². The largest absolute Gasteiger partial charge is 0.352 e. The first-order chi connectivity index (χ1) is 10.1. The van der Waals surface area contributed by atoms with Crippen LogP contribution in [0, 0.1) is 3.95 Å². The lowest BCUT2D eigenvalue weighted by Crippen LogP contribution is -2.24. The molecule has 1 aromatic carbocycles. The minimum atomic E-state index is -0.0564. The maximum atomic E-state index is 11.5. The molecule has 0 spiro atoms. The zero-order chi connectivity index (χ0) is 15.2. The first kappa shape index (κ1) is 16.2. The molecule has 1 N–H and O–H groups in total. The van der Waals surface area contributed by atoms with Crippen LogP contribution in [-0.4, -0.2) is 28.0 Å². The molecule has 0 unspecified atom stereocenters. The first-order valence-corrected chi connectivity index (χ1v) is 8.55. The van der Waals surface area contributed by atoms with Crippen LogP contribution >= 0.6 is 46.9 Å². The lowest BCUT2D eigenvalue weighted by atomic mass is 10.3. The van der Waals surface area contributed by atoms with Crippen molar-refractivity contribution in [3.63, 3.8) is 0 Å². The third-order valence-electron chi connectivity index (χ3n) is 2.37. The Labute approximate surface area is 140 Å². The van der Waals surface area contributed by atoms with Crippen LogP contribution in [0.15, 0.2) is 41.3 Å². The normalized spacial score (nSPS) is 10.3. The second-order valence-electron chi connectivity index (χ2n) is 3.90. The highest BCUT2D eigenvalue weighted by Gasteiger charge is 2.08. The van der Waals surface area contributed by atoms with Crippen molar-refractivity contribution in [2.24, 2.45) is 0 Å². The summed E-state index contributed by atoms with van der Waals surface area (Å²) >= 11 is 13.9. The number of nitrogens with zero attached hydrogens (tertiary/aromatic N) is 2. The Morgan fingerprint density at radius 1 is 1.52 bits per heavy atom. The topological polar surface area (TPSA) is 46.9 Å². The van der Waals surface area contributed by atoms with Gasteiger partial charge in [-0.3, -0.25) is 4.79 Å². The van der Waals surface area contributed by atoms with Gasteiger partial charge in [0.15, 0.2) is 8.29 Å². The van der Waals surface area contributed by atoms with E-state index in [1.54, 1.807) is 22.9 Å². The Hall–Kier alpha value is -1.15. The highest BCUT2D eigenvalue weighted by Crippen LogP contribution is 2.24. The molecule has 21 heavy (non-hydrogen) atoms. The molecule has 0 aliphatic carbocycles. The molecule has 0 atom stereocenters. The first-order valence-electron chi connectivity index (χ1n) is 5.96. The Bertz CT molecular complexity index is 693. The Morgan fingerprint density at radius 3 is 2.90 bits per heavy atom. The van der Waals surface area contributed by atoms with Crippen molar-refractivity contribution in [3.8, 4) is 5.69 Å². The van der Waals surface area contributed by atoms with Gasteiger partial charge in [-0.15, -0.1) is 11.7 Å². The maximum Gasteiger partial charge on any atom is 0.230 e. The summed E-state index contributed by atoms with van der Waals surface area (Å²) in [4.78, 5) is 11.5. The number of amides is 1. The number of hydrogen-bond donors (Lipinski definition) is 1. The molecular weight excluding hydrogens is 346 g/mol. The van der Waals surface area contributed by atoms with E-state index in [0.717, 1.165) is 10.0 Å². The quantitative estimate of drug-likeness (QED) is 0.486. The molecule has 0 aliphatic rings. The van der Waals surface area contributed by atoms with Crippen LogP contribution in [0.3, 0.4) is 0 Å². The molecule has 0 aliphatic heterocycles. The Morgan fingerprint density at radius 2 is 2.24 bits per heavy atom. The molecule has 0 fully saturated rings. The number of carbonyl (C=O) groups is 1. The number of carbonyl (C=O) groups excluding carboxylic acids is 1. The predicted octanol–water partition coefficient (Wildman–Crippen LogP) is 3.71.